The molecule has 1 aromatic rings. The first-order valence-corrected chi connectivity index (χ1v) is 8.52. The predicted molar refractivity (Wildman–Crippen MR) is 94.7 cm³/mol. The van der Waals surface area contributed by atoms with Crippen molar-refractivity contribution in [2.75, 3.05) is 26.8 Å². The first kappa shape index (κ1) is 19.6. The zero-order valence-corrected chi connectivity index (χ0v) is 16.0. The zero-order valence-electron chi connectivity index (χ0n) is 16.0. The van der Waals surface area contributed by atoms with Crippen LogP contribution in [0.3, 0.4) is 0 Å². The minimum atomic E-state index is -0.989. The fraction of sp³-hybridized carbons (Fsp3) is 0.722. The van der Waals surface area contributed by atoms with Gasteiger partial charge in [0.15, 0.2) is 0 Å². The molecule has 1 fully saturated rings. The summed E-state index contributed by atoms with van der Waals surface area (Å²) in [7, 11) is 1.56. The molecule has 140 valence electrons. The van der Waals surface area contributed by atoms with Crippen molar-refractivity contribution in [3.05, 3.63) is 27.9 Å². The Kier molecular flexibility index (Phi) is 5.12. The Labute approximate surface area is 148 Å². The number of nitrogens with zero attached hydrogens (tertiary/aromatic N) is 2. The van der Waals surface area contributed by atoms with Crippen molar-refractivity contribution < 1.29 is 14.6 Å². The summed E-state index contributed by atoms with van der Waals surface area (Å²) in [5, 5.41) is 10.8. The van der Waals surface area contributed by atoms with Crippen LogP contribution in [0.15, 0.2) is 10.9 Å². The van der Waals surface area contributed by atoms with Crippen LogP contribution in [-0.2, 0) is 10.2 Å². The van der Waals surface area contributed by atoms with Gasteiger partial charge in [-0.2, -0.15) is 4.98 Å². The van der Waals surface area contributed by atoms with E-state index in [2.05, 4.69) is 9.97 Å². The smallest absolute Gasteiger partial charge is 0.345 e. The van der Waals surface area contributed by atoms with Crippen LogP contribution in [0.1, 0.15) is 57.2 Å². The monoisotopic (exact) mass is 351 g/mol. The van der Waals surface area contributed by atoms with Crippen molar-refractivity contribution in [1.82, 2.24) is 14.9 Å². The second-order valence-corrected chi connectivity index (χ2v) is 8.56. The highest BCUT2D eigenvalue weighted by atomic mass is 16.5. The number of likely N-dealkylation sites (tertiary alicyclic amines) is 1. The average Bonchev–Trinajstić information content (AvgIpc) is 2.48. The molecule has 0 bridgehead atoms. The maximum absolute atomic E-state index is 12.9. The van der Waals surface area contributed by atoms with Gasteiger partial charge in [0.2, 0.25) is 0 Å². The molecular weight excluding hydrogens is 322 g/mol. The van der Waals surface area contributed by atoms with Crippen LogP contribution in [0.5, 0.6) is 0 Å². The van der Waals surface area contributed by atoms with Crippen molar-refractivity contribution in [3.8, 4) is 0 Å². The van der Waals surface area contributed by atoms with Gasteiger partial charge in [0.05, 0.1) is 12.2 Å². The third-order valence-corrected chi connectivity index (χ3v) is 5.08. The summed E-state index contributed by atoms with van der Waals surface area (Å²) in [5.41, 5.74) is -1.54. The summed E-state index contributed by atoms with van der Waals surface area (Å²) in [6.07, 6.45) is 0.412. The average molecular weight is 351 g/mol. The molecule has 0 radical (unpaired) electrons. The Bertz CT molecular complexity index is 705. The van der Waals surface area contributed by atoms with E-state index in [0.717, 1.165) is 0 Å². The second-order valence-electron chi connectivity index (χ2n) is 8.56. The van der Waals surface area contributed by atoms with Gasteiger partial charge in [0.25, 0.3) is 5.91 Å². The number of aromatic amines is 1. The highest BCUT2D eigenvalue weighted by molar-refractivity contribution is 5.92. The first-order valence-electron chi connectivity index (χ1n) is 8.52. The molecule has 7 nitrogen and oxygen atoms in total. The van der Waals surface area contributed by atoms with Crippen LogP contribution in [0.25, 0.3) is 0 Å². The van der Waals surface area contributed by atoms with Gasteiger partial charge in [-0.15, -0.1) is 0 Å². The third kappa shape index (κ3) is 3.93. The number of rotatable bonds is 3. The van der Waals surface area contributed by atoms with Crippen molar-refractivity contribution in [1.29, 1.82) is 0 Å². The van der Waals surface area contributed by atoms with Crippen molar-refractivity contribution in [3.63, 3.8) is 0 Å². The van der Waals surface area contributed by atoms with Gasteiger partial charge in [-0.05, 0) is 12.5 Å². The van der Waals surface area contributed by atoms with Crippen molar-refractivity contribution >= 4 is 5.91 Å². The number of aromatic nitrogens is 2. The van der Waals surface area contributed by atoms with Gasteiger partial charge in [-0.1, -0.05) is 34.6 Å². The molecule has 0 aromatic carbocycles. The largest absolute Gasteiger partial charge is 0.387 e. The number of carbonyl (C=O) groups excluding carboxylic acids is 1. The zero-order chi connectivity index (χ0) is 19.0. The topological polar surface area (TPSA) is 95.5 Å². The number of carbonyl (C=O) groups is 1. The number of piperidine rings is 1. The van der Waals surface area contributed by atoms with E-state index in [1.165, 1.54) is 0 Å². The molecule has 1 aromatic heterocycles. The molecule has 1 atom stereocenters. The molecule has 1 aliphatic rings. The molecule has 25 heavy (non-hydrogen) atoms. The fourth-order valence-electron chi connectivity index (χ4n) is 3.17. The highest BCUT2D eigenvalue weighted by Gasteiger charge is 2.48. The van der Waals surface area contributed by atoms with Crippen LogP contribution < -0.4 is 5.69 Å². The Hall–Kier alpha value is -1.73. The predicted octanol–water partition coefficient (Wildman–Crippen LogP) is 1.32. The van der Waals surface area contributed by atoms with Gasteiger partial charge in [0, 0.05) is 36.7 Å². The summed E-state index contributed by atoms with van der Waals surface area (Å²) in [6.45, 7) is 10.7. The number of nitrogens with one attached hydrogen (secondary N) is 1. The number of hydrogen-bond acceptors (Lipinski definition) is 5. The number of methoxy groups -OCH3 is 1. The molecular formula is C18H29N3O4. The van der Waals surface area contributed by atoms with Gasteiger partial charge < -0.3 is 19.7 Å². The van der Waals surface area contributed by atoms with E-state index in [1.54, 1.807) is 18.1 Å². The van der Waals surface area contributed by atoms with Gasteiger partial charge in [-0.25, -0.2) is 4.79 Å². The molecule has 1 amide bonds. The summed E-state index contributed by atoms with van der Waals surface area (Å²) >= 11 is 0. The first-order chi connectivity index (χ1) is 11.4. The molecule has 0 spiro atoms. The van der Waals surface area contributed by atoms with Crippen LogP contribution in [0.2, 0.25) is 0 Å². The molecule has 2 heterocycles. The van der Waals surface area contributed by atoms with E-state index in [1.807, 2.05) is 34.6 Å². The lowest BCUT2D eigenvalue weighted by molar-refractivity contribution is -0.144. The minimum absolute atomic E-state index is 0.140. The van der Waals surface area contributed by atoms with E-state index in [-0.39, 0.29) is 23.6 Å². The molecule has 0 unspecified atom stereocenters. The van der Waals surface area contributed by atoms with E-state index in [0.29, 0.717) is 25.2 Å². The number of H-pyrrole nitrogens is 1. The number of amides is 1. The Morgan fingerprint density at radius 2 is 2.08 bits per heavy atom. The second kappa shape index (κ2) is 6.53. The Balaban J connectivity index is 2.28. The van der Waals surface area contributed by atoms with Crippen molar-refractivity contribution in [2.24, 2.45) is 5.41 Å². The molecule has 7 heteroatoms. The molecule has 2 rings (SSSR count). The highest BCUT2D eigenvalue weighted by Crippen LogP contribution is 2.39. The van der Waals surface area contributed by atoms with E-state index in [9.17, 15) is 14.7 Å². The van der Waals surface area contributed by atoms with E-state index < -0.39 is 16.7 Å². The van der Waals surface area contributed by atoms with Crippen LogP contribution in [-0.4, -0.2) is 58.3 Å². The maximum Gasteiger partial charge on any atom is 0.345 e. The number of ether oxygens (including phenoxy) is 1. The van der Waals surface area contributed by atoms with Crippen molar-refractivity contribution in [2.45, 2.75) is 52.1 Å². The molecule has 0 aliphatic carbocycles. The van der Waals surface area contributed by atoms with Gasteiger partial charge in [0.1, 0.15) is 5.69 Å². The maximum atomic E-state index is 12.9. The van der Waals surface area contributed by atoms with Gasteiger partial charge in [-0.3, -0.25) is 4.79 Å². The molecule has 0 saturated carbocycles. The van der Waals surface area contributed by atoms with E-state index in [4.69, 9.17) is 4.74 Å². The summed E-state index contributed by atoms with van der Waals surface area (Å²) in [5.74, 6) is -0.288. The molecule has 1 aliphatic heterocycles. The quantitative estimate of drug-likeness (QED) is 0.856. The SMILES string of the molecule is COC[C@@]1(O)CCN(C(=O)c2cc(C(C)(C)C)[nH]c(=O)n2)CC1(C)C. The summed E-state index contributed by atoms with van der Waals surface area (Å²) in [4.78, 5) is 33.0. The third-order valence-electron chi connectivity index (χ3n) is 5.08. The fourth-order valence-corrected chi connectivity index (χ4v) is 3.17. The summed E-state index contributed by atoms with van der Waals surface area (Å²) in [6, 6.07) is 1.65. The van der Waals surface area contributed by atoms with Gasteiger partial charge >= 0.3 is 5.69 Å². The Morgan fingerprint density at radius 3 is 2.60 bits per heavy atom. The van der Waals surface area contributed by atoms with E-state index >= 15 is 0 Å². The minimum Gasteiger partial charge on any atom is -0.387 e. The van der Waals surface area contributed by atoms with Crippen LogP contribution in [0.4, 0.5) is 0 Å². The van der Waals surface area contributed by atoms with Crippen LogP contribution in [0, 0.1) is 5.41 Å². The number of aliphatic hydroxyl groups is 1. The lowest BCUT2D eigenvalue weighted by Gasteiger charge is -2.49. The normalized spacial score (nSPS) is 23.6. The Morgan fingerprint density at radius 1 is 1.44 bits per heavy atom. The lowest BCUT2D eigenvalue weighted by atomic mass is 9.70. The summed E-state index contributed by atoms with van der Waals surface area (Å²) < 4.78 is 5.16. The van der Waals surface area contributed by atoms with Crippen LogP contribution >= 0.6 is 0 Å². The molecule has 2 N–H and O–H groups in total. The molecule has 1 saturated heterocycles. The number of hydrogen-bond donors (Lipinski definition) is 2. The lowest BCUT2D eigenvalue weighted by Crippen LogP contribution is -2.60. The standard InChI is InChI=1S/C18H29N3O4/c1-16(2,3)13-9-12(19-15(23)20-13)14(22)21-8-7-18(24,11-25-6)17(4,5)10-21/h9,24H,7-8,10-11H2,1-6H3,(H,19,20,23)/t18-/m0/s1.